The third-order valence-electron chi connectivity index (χ3n) is 3.18. The topological polar surface area (TPSA) is 73.7 Å². The van der Waals surface area contributed by atoms with Crippen molar-refractivity contribution in [2.75, 3.05) is 5.75 Å². The van der Waals surface area contributed by atoms with Crippen LogP contribution in [0.1, 0.15) is 23.0 Å². The van der Waals surface area contributed by atoms with E-state index >= 15 is 0 Å². The average Bonchev–Trinajstić information content (AvgIpc) is 3.01. The number of aromatic nitrogens is 3. The monoisotopic (exact) mass is 323 g/mol. The Morgan fingerprint density at radius 3 is 2.73 bits per heavy atom. The molecule has 0 aliphatic heterocycles. The summed E-state index contributed by atoms with van der Waals surface area (Å²) < 4.78 is 2.03. The van der Waals surface area contributed by atoms with Gasteiger partial charge in [-0.3, -0.25) is 0 Å². The van der Waals surface area contributed by atoms with Gasteiger partial charge in [0.2, 0.25) is 0 Å². The van der Waals surface area contributed by atoms with Gasteiger partial charge >= 0.3 is 29.6 Å². The van der Waals surface area contributed by atoms with Gasteiger partial charge in [-0.05, 0) is 17.4 Å². The fraction of sp³-hybridized carbons (Fsp3) is 0.200. The van der Waals surface area contributed by atoms with E-state index < -0.39 is 5.97 Å². The molecule has 3 rings (SSSR count). The minimum atomic E-state index is -1.22. The number of carbonyl (C=O) groups is 1. The predicted octanol–water partition coefficient (Wildman–Crippen LogP) is -1.11. The molecule has 0 radical (unpaired) electrons. The number of aromatic carboxylic acids is 1. The second-order valence-electron chi connectivity index (χ2n) is 4.60. The van der Waals surface area contributed by atoms with E-state index in [2.05, 4.69) is 16.9 Å². The minimum absolute atomic E-state index is 0. The van der Waals surface area contributed by atoms with Crippen LogP contribution in [0.15, 0.2) is 41.6 Å². The maximum Gasteiger partial charge on any atom is 1.00 e. The molecule has 0 spiro atoms. The van der Waals surface area contributed by atoms with Crippen molar-refractivity contribution < 1.29 is 39.5 Å². The van der Waals surface area contributed by atoms with Crippen LogP contribution in [-0.4, -0.2) is 26.3 Å². The van der Waals surface area contributed by atoms with Crippen LogP contribution in [0.4, 0.5) is 0 Å². The van der Waals surface area contributed by atoms with Crippen LogP contribution in [0.25, 0.3) is 11.2 Å². The summed E-state index contributed by atoms with van der Waals surface area (Å²) in [5, 5.41) is 11.8. The van der Waals surface area contributed by atoms with Gasteiger partial charge in [-0.2, -0.15) is 0 Å². The number of aromatic amines is 1. The van der Waals surface area contributed by atoms with Gasteiger partial charge in [-0.1, -0.05) is 49.0 Å². The van der Waals surface area contributed by atoms with E-state index in [-0.39, 0.29) is 35.3 Å². The molecule has 0 aliphatic carbocycles. The smallest absolute Gasteiger partial charge is 0.543 e. The van der Waals surface area contributed by atoms with Gasteiger partial charge in [0.1, 0.15) is 0 Å². The molecule has 0 aliphatic rings. The Labute approximate surface area is 154 Å². The van der Waals surface area contributed by atoms with Gasteiger partial charge in [0.25, 0.3) is 0 Å². The zero-order valence-electron chi connectivity index (χ0n) is 12.5. The molecule has 0 saturated carbocycles. The van der Waals surface area contributed by atoms with Crippen LogP contribution >= 0.6 is 11.8 Å². The normalized spacial score (nSPS) is 10.6. The maximum atomic E-state index is 11.0. The van der Waals surface area contributed by atoms with Crippen LogP contribution in [0.3, 0.4) is 0 Å². The van der Waals surface area contributed by atoms with Crippen molar-refractivity contribution in [3.05, 3.63) is 47.7 Å². The Hall–Kier alpha value is -1.21. The Morgan fingerprint density at radius 1 is 1.36 bits per heavy atom. The number of hydrogen-bond acceptors (Lipinski definition) is 4. The molecule has 0 atom stereocenters. The van der Waals surface area contributed by atoms with E-state index in [0.717, 1.165) is 22.0 Å². The third-order valence-corrected chi connectivity index (χ3v) is 4.04. The summed E-state index contributed by atoms with van der Waals surface area (Å²) in [5.74, 6) is -0.314. The first-order valence-corrected chi connectivity index (χ1v) is 7.65. The number of carboxylic acids is 1. The van der Waals surface area contributed by atoms with Crippen LogP contribution in [-0.2, 0) is 6.54 Å². The SMILES string of the molecule is CCSc1nc2[nH]c(C(=O)[O-])cc2n1Cc1ccccc1.[Na+]. The first-order valence-electron chi connectivity index (χ1n) is 6.66. The molecule has 3 aromatic rings. The van der Waals surface area contributed by atoms with E-state index in [0.29, 0.717) is 12.2 Å². The molecule has 2 heterocycles. The number of fused-ring (bicyclic) bond motifs is 1. The molecule has 0 saturated heterocycles. The summed E-state index contributed by atoms with van der Waals surface area (Å²) >= 11 is 1.63. The standard InChI is InChI=1S/C15H15N3O2S.Na/c1-2-21-15-17-13-12(8-11(16-13)14(19)20)18(15)9-10-6-4-3-5-7-10;/h3-8,16H,2,9H2,1H3,(H,19,20);/q;+1/p-1. The van der Waals surface area contributed by atoms with Gasteiger partial charge in [-0.15, -0.1) is 0 Å². The molecule has 2 aromatic heterocycles. The molecule has 0 amide bonds. The molecule has 5 nitrogen and oxygen atoms in total. The average molecular weight is 323 g/mol. The molecule has 108 valence electrons. The number of hydrogen-bond donors (Lipinski definition) is 1. The van der Waals surface area contributed by atoms with Crippen molar-refractivity contribution in [2.24, 2.45) is 0 Å². The number of thioether (sulfide) groups is 1. The zero-order valence-corrected chi connectivity index (χ0v) is 15.3. The number of H-pyrrole nitrogens is 1. The largest absolute Gasteiger partial charge is 1.00 e. The first kappa shape index (κ1) is 17.1. The maximum absolute atomic E-state index is 11.0. The molecule has 0 fully saturated rings. The summed E-state index contributed by atoms with van der Waals surface area (Å²) in [6, 6.07) is 11.6. The number of imidazole rings is 1. The van der Waals surface area contributed by atoms with E-state index in [1.807, 2.05) is 34.9 Å². The molecular weight excluding hydrogens is 309 g/mol. The van der Waals surface area contributed by atoms with Gasteiger partial charge in [-0.25, -0.2) is 4.98 Å². The summed E-state index contributed by atoms with van der Waals surface area (Å²) in [4.78, 5) is 18.2. The third kappa shape index (κ3) is 3.41. The molecule has 0 unspecified atom stereocenters. The molecule has 1 N–H and O–H groups in total. The van der Waals surface area contributed by atoms with Gasteiger partial charge in [0, 0.05) is 0 Å². The molecular formula is C15H14N3NaO2S. The molecule has 7 heteroatoms. The summed E-state index contributed by atoms with van der Waals surface area (Å²) in [6.07, 6.45) is 0. The van der Waals surface area contributed by atoms with E-state index in [1.165, 1.54) is 0 Å². The van der Waals surface area contributed by atoms with Gasteiger partial charge in [0.15, 0.2) is 10.8 Å². The van der Waals surface area contributed by atoms with E-state index in [9.17, 15) is 9.90 Å². The summed E-state index contributed by atoms with van der Waals surface area (Å²) in [7, 11) is 0. The number of nitrogens with one attached hydrogen (secondary N) is 1. The Kier molecular flexibility index (Phi) is 5.74. The Balaban J connectivity index is 0.00000176. The number of rotatable bonds is 5. The van der Waals surface area contributed by atoms with E-state index in [4.69, 9.17) is 0 Å². The van der Waals surface area contributed by atoms with Gasteiger partial charge < -0.3 is 19.5 Å². The fourth-order valence-electron chi connectivity index (χ4n) is 2.25. The quantitative estimate of drug-likeness (QED) is 0.477. The Morgan fingerprint density at radius 2 is 2.09 bits per heavy atom. The molecule has 1 aromatic carbocycles. The number of carbonyl (C=O) groups excluding carboxylic acids is 1. The number of nitrogens with zero attached hydrogens (tertiary/aromatic N) is 2. The van der Waals surface area contributed by atoms with Crippen molar-refractivity contribution in [1.29, 1.82) is 0 Å². The second kappa shape index (κ2) is 7.37. The fourth-order valence-corrected chi connectivity index (χ4v) is 2.98. The summed E-state index contributed by atoms with van der Waals surface area (Å²) in [5.41, 5.74) is 2.57. The first-order chi connectivity index (χ1) is 10.2. The van der Waals surface area contributed by atoms with Crippen molar-refractivity contribution in [3.63, 3.8) is 0 Å². The molecule has 0 bridgehead atoms. The number of benzene rings is 1. The van der Waals surface area contributed by atoms with Crippen molar-refractivity contribution in [3.8, 4) is 0 Å². The van der Waals surface area contributed by atoms with Crippen molar-refractivity contribution in [2.45, 2.75) is 18.6 Å². The zero-order chi connectivity index (χ0) is 14.8. The predicted molar refractivity (Wildman–Crippen MR) is 80.4 cm³/mol. The van der Waals surface area contributed by atoms with E-state index in [1.54, 1.807) is 17.8 Å². The Bertz CT molecular complexity index is 783. The second-order valence-corrected chi connectivity index (χ2v) is 5.83. The minimum Gasteiger partial charge on any atom is -0.543 e. The summed E-state index contributed by atoms with van der Waals surface area (Å²) in [6.45, 7) is 2.72. The van der Waals surface area contributed by atoms with Crippen LogP contribution in [0.5, 0.6) is 0 Å². The van der Waals surface area contributed by atoms with Crippen LogP contribution < -0.4 is 34.7 Å². The van der Waals surface area contributed by atoms with Crippen LogP contribution in [0.2, 0.25) is 0 Å². The number of carboxylic acid groups (broad SMARTS) is 1. The van der Waals surface area contributed by atoms with Crippen molar-refractivity contribution in [1.82, 2.24) is 14.5 Å². The molecule has 22 heavy (non-hydrogen) atoms. The van der Waals surface area contributed by atoms with Gasteiger partial charge in [0.05, 0.1) is 23.7 Å². The van der Waals surface area contributed by atoms with Crippen molar-refractivity contribution >= 4 is 28.9 Å². The van der Waals surface area contributed by atoms with Crippen LogP contribution in [0, 0.1) is 0 Å².